The van der Waals surface area contributed by atoms with E-state index in [1.807, 2.05) is 5.32 Å². The molecule has 1 aliphatic heterocycles. The second kappa shape index (κ2) is 11.2. The largest absolute Gasteiger partial charge is 0.444 e. The molecule has 1 fully saturated rings. The number of urea groups is 1. The molecule has 0 aromatic carbocycles. The zero-order valence-corrected chi connectivity index (χ0v) is 21.2. The molecule has 0 unspecified atom stereocenters. The maximum absolute atomic E-state index is 13.2. The number of halogens is 6. The Balaban J connectivity index is 2.14. The average Bonchev–Trinajstić information content (AvgIpc) is 3.10. The molecular weight excluding hydrogens is 528 g/mol. The minimum atomic E-state index is -4.77. The lowest BCUT2D eigenvalue weighted by molar-refractivity contribution is -0.264. The first kappa shape index (κ1) is 30.9. The van der Waals surface area contributed by atoms with Crippen LogP contribution in [0.3, 0.4) is 0 Å². The number of carbonyl (C=O) groups is 3. The Morgan fingerprint density at radius 2 is 1.79 bits per heavy atom. The maximum Gasteiger partial charge on any atom is 0.416 e. The number of hydrogen-bond donors (Lipinski definition) is 3. The standard InChI is InChI=1S/C22H29F6N5O5/c1-19(2,3)38-18(36)30-13(11-37-20(4,5)22(26,27)28)16(34)32-15-8-12(6-7-29-15)9-33-10-14(21(23,24)25)31-17(33)35/h6-8,13-14H,9-11H2,1-5H3,(H,30,36)(H,31,35)(H,29,32,34)/t13-,14+/m1/s1. The molecule has 0 aliphatic carbocycles. The third-order valence-electron chi connectivity index (χ3n) is 5.13. The number of anilines is 1. The first-order valence-corrected chi connectivity index (χ1v) is 11.3. The van der Waals surface area contributed by atoms with Crippen molar-refractivity contribution in [2.75, 3.05) is 18.5 Å². The summed E-state index contributed by atoms with van der Waals surface area (Å²) in [7, 11) is 0. The van der Waals surface area contributed by atoms with Crippen molar-refractivity contribution in [2.45, 2.75) is 76.8 Å². The van der Waals surface area contributed by atoms with E-state index in [0.717, 1.165) is 18.7 Å². The number of nitrogens with one attached hydrogen (secondary N) is 3. The summed E-state index contributed by atoms with van der Waals surface area (Å²) in [5.41, 5.74) is -3.32. The summed E-state index contributed by atoms with van der Waals surface area (Å²) in [4.78, 5) is 41.8. The number of nitrogens with zero attached hydrogens (tertiary/aromatic N) is 2. The van der Waals surface area contributed by atoms with Crippen molar-refractivity contribution in [2.24, 2.45) is 0 Å². The van der Waals surface area contributed by atoms with E-state index in [0.29, 0.717) is 5.56 Å². The van der Waals surface area contributed by atoms with Gasteiger partial charge in [-0.3, -0.25) is 4.79 Å². The van der Waals surface area contributed by atoms with Crippen molar-refractivity contribution in [3.63, 3.8) is 0 Å². The number of carbonyl (C=O) groups excluding carboxylic acids is 3. The summed E-state index contributed by atoms with van der Waals surface area (Å²) in [5, 5.41) is 6.30. The van der Waals surface area contributed by atoms with Crippen LogP contribution in [0.25, 0.3) is 0 Å². The van der Waals surface area contributed by atoms with Crippen molar-refractivity contribution in [3.05, 3.63) is 23.9 Å². The molecule has 0 bridgehead atoms. The van der Waals surface area contributed by atoms with E-state index in [1.54, 1.807) is 0 Å². The van der Waals surface area contributed by atoms with Gasteiger partial charge in [0.2, 0.25) is 0 Å². The van der Waals surface area contributed by atoms with Crippen LogP contribution in [-0.2, 0) is 20.8 Å². The minimum Gasteiger partial charge on any atom is -0.444 e. The fourth-order valence-corrected chi connectivity index (χ4v) is 2.99. The van der Waals surface area contributed by atoms with Crippen molar-refractivity contribution in [3.8, 4) is 0 Å². The van der Waals surface area contributed by atoms with Crippen LogP contribution in [0.5, 0.6) is 0 Å². The Morgan fingerprint density at radius 3 is 2.32 bits per heavy atom. The van der Waals surface area contributed by atoms with Crippen LogP contribution in [0.15, 0.2) is 18.3 Å². The van der Waals surface area contributed by atoms with E-state index < -0.39 is 66.8 Å². The molecule has 0 radical (unpaired) electrons. The highest BCUT2D eigenvalue weighted by Gasteiger charge is 2.49. The topological polar surface area (TPSA) is 122 Å². The lowest BCUT2D eigenvalue weighted by Crippen LogP contribution is -2.51. The second-order valence-electron chi connectivity index (χ2n) is 9.98. The van der Waals surface area contributed by atoms with E-state index >= 15 is 0 Å². The van der Waals surface area contributed by atoms with Gasteiger partial charge in [0, 0.05) is 12.7 Å². The number of amides is 4. The number of aromatic nitrogens is 1. The SMILES string of the molecule is CC(C)(C)OC(=O)N[C@H](COC(C)(C)C(F)(F)F)C(=O)Nc1cc(CN2C[C@@H](C(F)(F)F)NC2=O)ccn1. The molecule has 214 valence electrons. The minimum absolute atomic E-state index is 0.134. The summed E-state index contributed by atoms with van der Waals surface area (Å²) in [6, 6.07) is -1.95. The fourth-order valence-electron chi connectivity index (χ4n) is 2.99. The first-order valence-electron chi connectivity index (χ1n) is 11.3. The van der Waals surface area contributed by atoms with Gasteiger partial charge in [0.1, 0.15) is 23.5 Å². The van der Waals surface area contributed by atoms with Gasteiger partial charge in [-0.2, -0.15) is 26.3 Å². The summed E-state index contributed by atoms with van der Waals surface area (Å²) in [5.74, 6) is -1.14. The quantitative estimate of drug-likeness (QED) is 0.419. The Hall–Kier alpha value is -3.30. The smallest absolute Gasteiger partial charge is 0.416 e. The highest BCUT2D eigenvalue weighted by Crippen LogP contribution is 2.33. The van der Waals surface area contributed by atoms with Gasteiger partial charge in [0.25, 0.3) is 5.91 Å². The van der Waals surface area contributed by atoms with Gasteiger partial charge < -0.3 is 30.3 Å². The van der Waals surface area contributed by atoms with E-state index in [1.165, 1.54) is 39.1 Å². The van der Waals surface area contributed by atoms with Crippen LogP contribution in [0.1, 0.15) is 40.2 Å². The molecule has 0 saturated carbocycles. The van der Waals surface area contributed by atoms with Gasteiger partial charge in [-0.05, 0) is 52.3 Å². The molecule has 1 aromatic rings. The summed E-state index contributed by atoms with van der Waals surface area (Å²) in [6.45, 7) is 4.36. The zero-order chi connectivity index (χ0) is 29.1. The van der Waals surface area contributed by atoms with E-state index in [9.17, 15) is 40.7 Å². The average molecular weight is 557 g/mol. The van der Waals surface area contributed by atoms with Crippen LogP contribution < -0.4 is 16.0 Å². The molecule has 4 amide bonds. The number of hydrogen-bond acceptors (Lipinski definition) is 6. The van der Waals surface area contributed by atoms with Gasteiger partial charge in [-0.25, -0.2) is 14.6 Å². The molecule has 2 rings (SSSR count). The van der Waals surface area contributed by atoms with E-state index in [4.69, 9.17) is 9.47 Å². The van der Waals surface area contributed by atoms with Gasteiger partial charge in [0.15, 0.2) is 5.60 Å². The van der Waals surface area contributed by atoms with Gasteiger partial charge in [-0.15, -0.1) is 0 Å². The fraction of sp³-hybridized carbons (Fsp3) is 0.636. The normalized spacial score (nSPS) is 17.6. The molecule has 1 saturated heterocycles. The molecule has 0 spiro atoms. The number of ether oxygens (including phenoxy) is 2. The third-order valence-corrected chi connectivity index (χ3v) is 5.13. The molecule has 2 heterocycles. The number of rotatable bonds is 8. The second-order valence-corrected chi connectivity index (χ2v) is 9.98. The summed E-state index contributed by atoms with van der Waals surface area (Å²) in [6.07, 6.45) is -9.28. The van der Waals surface area contributed by atoms with Crippen molar-refractivity contribution >= 4 is 23.8 Å². The first-order chi connectivity index (χ1) is 17.2. The molecule has 10 nitrogen and oxygen atoms in total. The number of alkyl carbamates (subject to hydrolysis) is 1. The molecule has 1 aromatic heterocycles. The number of pyridine rings is 1. The van der Waals surface area contributed by atoms with E-state index in [-0.39, 0.29) is 12.4 Å². The highest BCUT2D eigenvalue weighted by molar-refractivity contribution is 5.96. The lowest BCUT2D eigenvalue weighted by atomic mass is 10.1. The van der Waals surface area contributed by atoms with Crippen LogP contribution in [-0.4, -0.2) is 76.7 Å². The Labute approximate surface area is 214 Å². The predicted molar refractivity (Wildman–Crippen MR) is 121 cm³/mol. The molecule has 1 aliphatic rings. The molecule has 3 N–H and O–H groups in total. The molecular formula is C22H29F6N5O5. The third kappa shape index (κ3) is 8.92. The van der Waals surface area contributed by atoms with Gasteiger partial charge >= 0.3 is 24.5 Å². The maximum atomic E-state index is 13.2. The van der Waals surface area contributed by atoms with Crippen LogP contribution >= 0.6 is 0 Å². The molecule has 2 atom stereocenters. The van der Waals surface area contributed by atoms with Gasteiger partial charge in [-0.1, -0.05) is 0 Å². The predicted octanol–water partition coefficient (Wildman–Crippen LogP) is 3.73. The van der Waals surface area contributed by atoms with Crippen molar-refractivity contribution in [1.29, 1.82) is 0 Å². The van der Waals surface area contributed by atoms with Crippen molar-refractivity contribution in [1.82, 2.24) is 20.5 Å². The van der Waals surface area contributed by atoms with E-state index in [2.05, 4.69) is 15.6 Å². The monoisotopic (exact) mass is 557 g/mol. The van der Waals surface area contributed by atoms with Gasteiger partial charge in [0.05, 0.1) is 13.2 Å². The zero-order valence-electron chi connectivity index (χ0n) is 21.2. The van der Waals surface area contributed by atoms with Crippen molar-refractivity contribution < 1.29 is 50.2 Å². The lowest BCUT2D eigenvalue weighted by Gasteiger charge is -2.30. The van der Waals surface area contributed by atoms with Crippen LogP contribution in [0, 0.1) is 0 Å². The Morgan fingerprint density at radius 1 is 1.16 bits per heavy atom. The highest BCUT2D eigenvalue weighted by atomic mass is 19.4. The molecule has 38 heavy (non-hydrogen) atoms. The number of alkyl halides is 6. The van der Waals surface area contributed by atoms with Crippen LogP contribution in [0.2, 0.25) is 0 Å². The molecule has 16 heteroatoms. The Bertz CT molecular complexity index is 1030. The summed E-state index contributed by atoms with van der Waals surface area (Å²) < 4.78 is 88.3. The van der Waals surface area contributed by atoms with Crippen LogP contribution in [0.4, 0.5) is 41.7 Å². The summed E-state index contributed by atoms with van der Waals surface area (Å²) >= 11 is 0. The Kier molecular flexibility index (Phi) is 9.12.